The van der Waals surface area contributed by atoms with Crippen molar-refractivity contribution in [3.8, 4) is 0 Å². The second kappa shape index (κ2) is 4.81. The van der Waals surface area contributed by atoms with E-state index in [0.29, 0.717) is 18.9 Å². The first kappa shape index (κ1) is 14.4. The maximum Gasteiger partial charge on any atom is 0.243 e. The molecule has 1 saturated heterocycles. The van der Waals surface area contributed by atoms with Crippen LogP contribution in [0.15, 0.2) is 23.1 Å². The summed E-state index contributed by atoms with van der Waals surface area (Å²) in [6, 6.07) is 2.18. The normalized spacial score (nSPS) is 25.5. The number of nitrogens with zero attached hydrogens (tertiary/aromatic N) is 1. The van der Waals surface area contributed by atoms with Crippen molar-refractivity contribution in [1.82, 2.24) is 4.31 Å². The number of rotatable bonds is 2. The lowest BCUT2D eigenvalue weighted by Crippen LogP contribution is -2.48. The van der Waals surface area contributed by atoms with E-state index in [1.165, 1.54) is 0 Å². The SMILES string of the molecule is CC1(O)CCCN(S(=O)(=O)c2cc(F)cc(F)c2)C1. The van der Waals surface area contributed by atoms with Crippen molar-refractivity contribution in [3.63, 3.8) is 0 Å². The molecule has 1 aliphatic heterocycles. The predicted octanol–water partition coefficient (Wildman–Crippen LogP) is 1.50. The number of hydrogen-bond donors (Lipinski definition) is 1. The Balaban J connectivity index is 2.36. The zero-order chi connectivity index (χ0) is 14.3. The fourth-order valence-corrected chi connectivity index (χ4v) is 3.84. The number of benzene rings is 1. The van der Waals surface area contributed by atoms with Crippen LogP contribution >= 0.6 is 0 Å². The average Bonchev–Trinajstić information content (AvgIpc) is 2.26. The van der Waals surface area contributed by atoms with Crippen molar-refractivity contribution < 1.29 is 22.3 Å². The van der Waals surface area contributed by atoms with Gasteiger partial charge in [-0.25, -0.2) is 17.2 Å². The van der Waals surface area contributed by atoms with Gasteiger partial charge in [0.25, 0.3) is 0 Å². The first-order valence-corrected chi connectivity index (χ1v) is 7.33. The Morgan fingerprint density at radius 2 is 1.84 bits per heavy atom. The van der Waals surface area contributed by atoms with Gasteiger partial charge in [0.2, 0.25) is 10.0 Å². The van der Waals surface area contributed by atoms with Crippen LogP contribution in [-0.4, -0.2) is 36.5 Å². The van der Waals surface area contributed by atoms with E-state index >= 15 is 0 Å². The molecule has 1 aliphatic rings. The molecule has 7 heteroatoms. The van der Waals surface area contributed by atoms with Crippen molar-refractivity contribution >= 4 is 10.0 Å². The summed E-state index contributed by atoms with van der Waals surface area (Å²) in [6.07, 6.45) is 1.00. The maximum absolute atomic E-state index is 13.1. The van der Waals surface area contributed by atoms with Crippen molar-refractivity contribution in [2.75, 3.05) is 13.1 Å². The Bertz CT molecular complexity index is 566. The Labute approximate surface area is 110 Å². The van der Waals surface area contributed by atoms with E-state index < -0.39 is 32.2 Å². The highest BCUT2D eigenvalue weighted by atomic mass is 32.2. The molecule has 0 saturated carbocycles. The molecule has 1 aromatic carbocycles. The molecular formula is C12H15F2NO3S. The fourth-order valence-electron chi connectivity index (χ4n) is 2.21. The van der Waals surface area contributed by atoms with Crippen molar-refractivity contribution in [3.05, 3.63) is 29.8 Å². The number of sulfonamides is 1. The highest BCUT2D eigenvalue weighted by Crippen LogP contribution is 2.26. The number of β-amino-alcohol motifs (C(OH)–C–C–N with tert-alkyl or cyclic N) is 1. The van der Waals surface area contributed by atoms with E-state index in [0.717, 1.165) is 16.4 Å². The number of halogens is 2. The van der Waals surface area contributed by atoms with Gasteiger partial charge in [-0.15, -0.1) is 0 Å². The number of aliphatic hydroxyl groups is 1. The molecule has 2 rings (SSSR count). The molecule has 1 N–H and O–H groups in total. The standard InChI is InChI=1S/C12H15F2NO3S/c1-12(16)3-2-4-15(8-12)19(17,18)11-6-9(13)5-10(14)7-11/h5-7,16H,2-4,8H2,1H3. The Morgan fingerprint density at radius 3 is 2.37 bits per heavy atom. The second-order valence-electron chi connectivity index (χ2n) is 5.04. The highest BCUT2D eigenvalue weighted by Gasteiger charge is 2.35. The molecule has 1 unspecified atom stereocenters. The molecule has 4 nitrogen and oxygen atoms in total. The number of piperidine rings is 1. The van der Waals surface area contributed by atoms with Crippen LogP contribution < -0.4 is 0 Å². The van der Waals surface area contributed by atoms with Crippen LogP contribution in [0.2, 0.25) is 0 Å². The molecule has 1 fully saturated rings. The van der Waals surface area contributed by atoms with E-state index in [4.69, 9.17) is 0 Å². The molecule has 0 spiro atoms. The lowest BCUT2D eigenvalue weighted by atomic mass is 9.97. The molecule has 19 heavy (non-hydrogen) atoms. The number of hydrogen-bond acceptors (Lipinski definition) is 3. The Kier molecular flexibility index (Phi) is 3.63. The van der Waals surface area contributed by atoms with Gasteiger partial charge in [0.15, 0.2) is 0 Å². The second-order valence-corrected chi connectivity index (χ2v) is 6.98. The van der Waals surface area contributed by atoms with Crippen LogP contribution in [0, 0.1) is 11.6 Å². The lowest BCUT2D eigenvalue weighted by molar-refractivity contribution is 0.00939. The molecule has 0 radical (unpaired) electrons. The van der Waals surface area contributed by atoms with Gasteiger partial charge in [-0.2, -0.15) is 4.31 Å². The zero-order valence-electron chi connectivity index (χ0n) is 10.4. The molecule has 1 atom stereocenters. The lowest BCUT2D eigenvalue weighted by Gasteiger charge is -2.35. The third kappa shape index (κ3) is 3.10. The van der Waals surface area contributed by atoms with Crippen LogP contribution in [0.4, 0.5) is 8.78 Å². The van der Waals surface area contributed by atoms with Crippen molar-refractivity contribution in [1.29, 1.82) is 0 Å². The van der Waals surface area contributed by atoms with Gasteiger partial charge in [0.05, 0.1) is 10.5 Å². The molecule has 0 aromatic heterocycles. The fraction of sp³-hybridized carbons (Fsp3) is 0.500. The zero-order valence-corrected chi connectivity index (χ0v) is 11.3. The highest BCUT2D eigenvalue weighted by molar-refractivity contribution is 7.89. The first-order chi connectivity index (χ1) is 8.71. The summed E-state index contributed by atoms with van der Waals surface area (Å²) in [4.78, 5) is -0.428. The van der Waals surface area contributed by atoms with E-state index in [1.54, 1.807) is 6.92 Å². The van der Waals surface area contributed by atoms with Gasteiger partial charge in [0, 0.05) is 19.2 Å². The summed E-state index contributed by atoms with van der Waals surface area (Å²) in [5, 5.41) is 9.91. The molecular weight excluding hydrogens is 276 g/mol. The summed E-state index contributed by atoms with van der Waals surface area (Å²) in [5.74, 6) is -1.88. The minimum absolute atomic E-state index is 0.0759. The maximum atomic E-state index is 13.1. The molecule has 0 aliphatic carbocycles. The van der Waals surface area contributed by atoms with Crippen LogP contribution in [0.25, 0.3) is 0 Å². The van der Waals surface area contributed by atoms with Crippen molar-refractivity contribution in [2.24, 2.45) is 0 Å². The topological polar surface area (TPSA) is 57.6 Å². The minimum atomic E-state index is -3.98. The quantitative estimate of drug-likeness (QED) is 0.898. The van der Waals surface area contributed by atoms with Crippen LogP contribution in [0.5, 0.6) is 0 Å². The van der Waals surface area contributed by atoms with Gasteiger partial charge < -0.3 is 5.11 Å². The van der Waals surface area contributed by atoms with Crippen LogP contribution in [-0.2, 0) is 10.0 Å². The summed E-state index contributed by atoms with van der Waals surface area (Å²) < 4.78 is 51.8. The van der Waals surface area contributed by atoms with Crippen LogP contribution in [0.3, 0.4) is 0 Å². The molecule has 0 bridgehead atoms. The third-order valence-electron chi connectivity index (χ3n) is 3.11. The van der Waals surface area contributed by atoms with E-state index in [1.807, 2.05) is 0 Å². The summed E-state index contributed by atoms with van der Waals surface area (Å²) in [7, 11) is -3.98. The van der Waals surface area contributed by atoms with Gasteiger partial charge in [-0.05, 0) is 31.9 Å². The third-order valence-corrected chi connectivity index (χ3v) is 4.94. The van der Waals surface area contributed by atoms with Gasteiger partial charge in [0.1, 0.15) is 11.6 Å². The molecule has 1 aromatic rings. The average molecular weight is 291 g/mol. The Hall–Kier alpha value is -1.05. The predicted molar refractivity (Wildman–Crippen MR) is 65.0 cm³/mol. The van der Waals surface area contributed by atoms with Crippen molar-refractivity contribution in [2.45, 2.75) is 30.3 Å². The van der Waals surface area contributed by atoms with Gasteiger partial charge in [-0.3, -0.25) is 0 Å². The minimum Gasteiger partial charge on any atom is -0.389 e. The summed E-state index contributed by atoms with van der Waals surface area (Å²) >= 11 is 0. The molecule has 1 heterocycles. The van der Waals surface area contributed by atoms with E-state index in [9.17, 15) is 22.3 Å². The summed E-state index contributed by atoms with van der Waals surface area (Å²) in [5.41, 5.74) is -1.11. The first-order valence-electron chi connectivity index (χ1n) is 5.89. The molecule has 106 valence electrons. The molecule has 0 amide bonds. The monoisotopic (exact) mass is 291 g/mol. The van der Waals surface area contributed by atoms with Gasteiger partial charge in [-0.1, -0.05) is 0 Å². The van der Waals surface area contributed by atoms with E-state index in [2.05, 4.69) is 0 Å². The smallest absolute Gasteiger partial charge is 0.243 e. The largest absolute Gasteiger partial charge is 0.389 e. The van der Waals surface area contributed by atoms with Gasteiger partial charge >= 0.3 is 0 Å². The summed E-state index contributed by atoms with van der Waals surface area (Å²) in [6.45, 7) is 1.70. The van der Waals surface area contributed by atoms with Crippen LogP contribution in [0.1, 0.15) is 19.8 Å². The Morgan fingerprint density at radius 1 is 1.26 bits per heavy atom. The van der Waals surface area contributed by atoms with E-state index in [-0.39, 0.29) is 13.1 Å².